The van der Waals surface area contributed by atoms with Gasteiger partial charge in [0.2, 0.25) is 0 Å². The number of nitrogens with zero attached hydrogens (tertiary/aromatic N) is 3. The molecular weight excluding hydrogens is 166 g/mol. The molecule has 0 aliphatic rings. The predicted octanol–water partition coefficient (Wildman–Crippen LogP) is 1.38. The first-order chi connectivity index (χ1) is 6.20. The van der Waals surface area contributed by atoms with E-state index in [1.165, 1.54) is 0 Å². The van der Waals surface area contributed by atoms with Gasteiger partial charge in [0.05, 0.1) is 0 Å². The normalized spacial score (nSPS) is 13.6. The van der Waals surface area contributed by atoms with Gasteiger partial charge in [-0.3, -0.25) is 0 Å². The van der Waals surface area contributed by atoms with Gasteiger partial charge in [-0.25, -0.2) is 0 Å². The highest BCUT2D eigenvalue weighted by Crippen LogP contribution is 2.21. The van der Waals surface area contributed by atoms with Crippen molar-refractivity contribution in [2.24, 2.45) is 5.92 Å². The number of hydrogen-bond acceptors (Lipinski definition) is 3. The maximum atomic E-state index is 9.01. The van der Waals surface area contributed by atoms with Gasteiger partial charge in [0.25, 0.3) is 0 Å². The zero-order chi connectivity index (χ0) is 9.84. The van der Waals surface area contributed by atoms with E-state index in [2.05, 4.69) is 31.0 Å². The summed E-state index contributed by atoms with van der Waals surface area (Å²) in [5.74, 6) is 1.19. The van der Waals surface area contributed by atoms with E-state index in [-0.39, 0.29) is 6.61 Å². The van der Waals surface area contributed by atoms with Crippen LogP contribution in [0.3, 0.4) is 0 Å². The van der Waals surface area contributed by atoms with Gasteiger partial charge < -0.3 is 9.67 Å². The summed E-state index contributed by atoms with van der Waals surface area (Å²) in [4.78, 5) is 0. The Bertz CT molecular complexity index is 257. The maximum Gasteiger partial charge on any atom is 0.158 e. The second-order valence-electron chi connectivity index (χ2n) is 3.53. The van der Waals surface area contributed by atoms with Crippen molar-refractivity contribution >= 4 is 0 Å². The molecule has 1 heterocycles. The Labute approximate surface area is 78.6 Å². The zero-order valence-electron chi connectivity index (χ0n) is 8.44. The van der Waals surface area contributed by atoms with Crippen molar-refractivity contribution in [3.63, 3.8) is 0 Å². The average molecular weight is 183 g/mol. The third-order valence-electron chi connectivity index (χ3n) is 2.33. The zero-order valence-corrected chi connectivity index (χ0v) is 8.44. The summed E-state index contributed by atoms with van der Waals surface area (Å²) in [6.45, 7) is 6.42. The highest BCUT2D eigenvalue weighted by atomic mass is 16.3. The van der Waals surface area contributed by atoms with E-state index < -0.39 is 0 Å². The highest BCUT2D eigenvalue weighted by Gasteiger charge is 2.16. The minimum Gasteiger partial charge on any atom is -0.388 e. The Kier molecular flexibility index (Phi) is 3.42. The molecule has 0 aromatic carbocycles. The summed E-state index contributed by atoms with van der Waals surface area (Å²) < 4.78 is 1.96. The SMILES string of the molecule is CCC(C(C)C)n1cnnc1CO. The molecule has 0 aliphatic carbocycles. The molecule has 0 amide bonds. The number of hydrogen-bond donors (Lipinski definition) is 1. The molecule has 0 radical (unpaired) electrons. The lowest BCUT2D eigenvalue weighted by Crippen LogP contribution is -2.16. The lowest BCUT2D eigenvalue weighted by molar-refractivity contribution is 0.250. The van der Waals surface area contributed by atoms with E-state index in [1.54, 1.807) is 6.33 Å². The van der Waals surface area contributed by atoms with Crippen LogP contribution in [0.1, 0.15) is 39.1 Å². The predicted molar refractivity (Wildman–Crippen MR) is 50.1 cm³/mol. The van der Waals surface area contributed by atoms with Crippen LogP contribution >= 0.6 is 0 Å². The average Bonchev–Trinajstić information content (AvgIpc) is 2.53. The molecule has 1 aromatic rings. The van der Waals surface area contributed by atoms with Crippen LogP contribution in [-0.2, 0) is 6.61 Å². The minimum atomic E-state index is -0.0385. The fourth-order valence-electron chi connectivity index (χ4n) is 1.65. The summed E-state index contributed by atoms with van der Waals surface area (Å²) in [6, 6.07) is 0.386. The van der Waals surface area contributed by atoms with E-state index in [0.717, 1.165) is 6.42 Å². The van der Waals surface area contributed by atoms with Crippen molar-refractivity contribution in [1.82, 2.24) is 14.8 Å². The molecule has 0 saturated heterocycles. The topological polar surface area (TPSA) is 50.9 Å². The van der Waals surface area contributed by atoms with Crippen molar-refractivity contribution in [3.8, 4) is 0 Å². The molecule has 1 N–H and O–H groups in total. The van der Waals surface area contributed by atoms with Crippen LogP contribution in [0.2, 0.25) is 0 Å². The molecule has 0 fully saturated rings. The van der Waals surface area contributed by atoms with Gasteiger partial charge in [0.1, 0.15) is 12.9 Å². The largest absolute Gasteiger partial charge is 0.388 e. The number of aliphatic hydroxyl groups is 1. The Morgan fingerprint density at radius 2 is 2.23 bits per heavy atom. The summed E-state index contributed by atoms with van der Waals surface area (Å²) in [7, 11) is 0. The van der Waals surface area contributed by atoms with Gasteiger partial charge in [-0.2, -0.15) is 0 Å². The first-order valence-electron chi connectivity index (χ1n) is 4.69. The van der Waals surface area contributed by atoms with Crippen LogP contribution in [0.15, 0.2) is 6.33 Å². The summed E-state index contributed by atoms with van der Waals surface area (Å²) in [6.07, 6.45) is 2.72. The smallest absolute Gasteiger partial charge is 0.158 e. The minimum absolute atomic E-state index is 0.0385. The van der Waals surface area contributed by atoms with E-state index in [1.807, 2.05) is 4.57 Å². The third kappa shape index (κ3) is 2.06. The number of rotatable bonds is 4. The van der Waals surface area contributed by atoms with Crippen LogP contribution in [0.25, 0.3) is 0 Å². The fourth-order valence-corrected chi connectivity index (χ4v) is 1.65. The van der Waals surface area contributed by atoms with E-state index in [0.29, 0.717) is 17.8 Å². The lowest BCUT2D eigenvalue weighted by Gasteiger charge is -2.21. The van der Waals surface area contributed by atoms with Crippen LogP contribution < -0.4 is 0 Å². The quantitative estimate of drug-likeness (QED) is 0.767. The standard InChI is InChI=1S/C9H17N3O/c1-4-8(7(2)3)12-6-10-11-9(12)5-13/h6-8,13H,4-5H2,1-3H3. The fraction of sp³-hybridized carbons (Fsp3) is 0.778. The first-order valence-corrected chi connectivity index (χ1v) is 4.69. The third-order valence-corrected chi connectivity index (χ3v) is 2.33. The molecule has 1 atom stereocenters. The summed E-state index contributed by atoms with van der Waals surface area (Å²) >= 11 is 0. The molecule has 0 aliphatic heterocycles. The van der Waals surface area contributed by atoms with Gasteiger partial charge in [-0.05, 0) is 12.3 Å². The van der Waals surface area contributed by atoms with Crippen LogP contribution in [-0.4, -0.2) is 19.9 Å². The maximum absolute atomic E-state index is 9.01. The van der Waals surface area contributed by atoms with Gasteiger partial charge >= 0.3 is 0 Å². The monoisotopic (exact) mass is 183 g/mol. The molecule has 4 nitrogen and oxygen atoms in total. The van der Waals surface area contributed by atoms with Crippen molar-refractivity contribution < 1.29 is 5.11 Å². The van der Waals surface area contributed by atoms with Crippen molar-refractivity contribution in [1.29, 1.82) is 0 Å². The first kappa shape index (κ1) is 10.2. The molecule has 1 rings (SSSR count). The molecule has 13 heavy (non-hydrogen) atoms. The second kappa shape index (κ2) is 4.37. The van der Waals surface area contributed by atoms with Crippen molar-refractivity contribution in [3.05, 3.63) is 12.2 Å². The molecular formula is C9H17N3O. The highest BCUT2D eigenvalue weighted by molar-refractivity contribution is 4.87. The second-order valence-corrected chi connectivity index (χ2v) is 3.53. The molecule has 0 spiro atoms. The van der Waals surface area contributed by atoms with Crippen molar-refractivity contribution in [2.75, 3.05) is 0 Å². The van der Waals surface area contributed by atoms with E-state index >= 15 is 0 Å². The summed E-state index contributed by atoms with van der Waals surface area (Å²) in [5.41, 5.74) is 0. The van der Waals surface area contributed by atoms with Gasteiger partial charge in [0.15, 0.2) is 5.82 Å². The molecule has 74 valence electrons. The lowest BCUT2D eigenvalue weighted by atomic mass is 10.0. The Balaban J connectivity index is 2.90. The van der Waals surface area contributed by atoms with E-state index in [4.69, 9.17) is 5.11 Å². The van der Waals surface area contributed by atoms with Gasteiger partial charge in [-0.15, -0.1) is 10.2 Å². The molecule has 4 heteroatoms. The van der Waals surface area contributed by atoms with Gasteiger partial charge in [0, 0.05) is 6.04 Å². The number of aliphatic hydroxyl groups excluding tert-OH is 1. The molecule has 0 bridgehead atoms. The Hall–Kier alpha value is -0.900. The molecule has 0 saturated carbocycles. The number of aromatic nitrogens is 3. The van der Waals surface area contributed by atoms with Crippen LogP contribution in [0.4, 0.5) is 0 Å². The van der Waals surface area contributed by atoms with Gasteiger partial charge in [-0.1, -0.05) is 20.8 Å². The van der Waals surface area contributed by atoms with Crippen LogP contribution in [0.5, 0.6) is 0 Å². The van der Waals surface area contributed by atoms with E-state index in [9.17, 15) is 0 Å². The molecule has 1 unspecified atom stereocenters. The van der Waals surface area contributed by atoms with Crippen molar-refractivity contribution in [2.45, 2.75) is 39.8 Å². The Morgan fingerprint density at radius 3 is 2.69 bits per heavy atom. The molecule has 1 aromatic heterocycles. The van der Waals surface area contributed by atoms with Crippen LogP contribution in [0, 0.1) is 5.92 Å². The Morgan fingerprint density at radius 1 is 1.54 bits per heavy atom. The summed E-state index contributed by atoms with van der Waals surface area (Å²) in [5, 5.41) is 16.7.